The van der Waals surface area contributed by atoms with Gasteiger partial charge >= 0.3 is 0 Å². The van der Waals surface area contributed by atoms with Crippen molar-refractivity contribution in [3.05, 3.63) is 134 Å². The van der Waals surface area contributed by atoms with Crippen molar-refractivity contribution in [1.82, 2.24) is 19.8 Å². The van der Waals surface area contributed by atoms with Gasteiger partial charge in [-0.15, -0.1) is 0 Å². The summed E-state index contributed by atoms with van der Waals surface area (Å²) in [4.78, 5) is 25.4. The number of aryl methyl sites for hydroxylation is 1. The van der Waals surface area contributed by atoms with Gasteiger partial charge < -0.3 is 5.32 Å². The standard InChI is InChI=1S/C38H34Cl2FN5O4S/c1-3-5-19-43-37(47)26-17-18-31(40)34(22-26)46-35(23-42)29(33(44-46)10-4-2)20-25-16-15-24(21-32(25)41)27-11-7-9-14-36(27)51(49,50)45-38(48)28-12-6-8-13-30(28)39/h6-9,11-18,21-22H,3-5,10,19-20H2,1-2H3,(H,43,47)(H,45,48). The third kappa shape index (κ3) is 8.31. The molecule has 0 spiro atoms. The molecule has 0 saturated carbocycles. The first kappa shape index (κ1) is 37.2. The van der Waals surface area contributed by atoms with E-state index in [1.165, 1.54) is 47.1 Å². The molecule has 0 aliphatic heterocycles. The summed E-state index contributed by atoms with van der Waals surface area (Å²) < 4.78 is 46.2. The number of nitrogens with zero attached hydrogens (tertiary/aromatic N) is 3. The largest absolute Gasteiger partial charge is 0.352 e. The van der Waals surface area contributed by atoms with Gasteiger partial charge in [0.2, 0.25) is 0 Å². The van der Waals surface area contributed by atoms with Gasteiger partial charge in [-0.1, -0.05) is 92.4 Å². The Morgan fingerprint density at radius 3 is 2.37 bits per heavy atom. The maximum Gasteiger partial charge on any atom is 0.266 e. The highest BCUT2D eigenvalue weighted by atomic mass is 35.5. The number of benzene rings is 4. The van der Waals surface area contributed by atoms with E-state index in [4.69, 9.17) is 28.3 Å². The third-order valence-electron chi connectivity index (χ3n) is 8.17. The number of aromatic nitrogens is 2. The number of sulfonamides is 1. The lowest BCUT2D eigenvalue weighted by molar-refractivity contribution is 0.0950. The van der Waals surface area contributed by atoms with E-state index in [9.17, 15) is 23.3 Å². The van der Waals surface area contributed by atoms with Crippen LogP contribution >= 0.6 is 23.2 Å². The molecule has 51 heavy (non-hydrogen) atoms. The first-order chi connectivity index (χ1) is 24.5. The van der Waals surface area contributed by atoms with Crippen molar-refractivity contribution in [2.75, 3.05) is 6.54 Å². The van der Waals surface area contributed by atoms with E-state index in [1.54, 1.807) is 42.5 Å². The maximum absolute atomic E-state index is 15.9. The zero-order valence-corrected chi connectivity index (χ0v) is 30.2. The minimum absolute atomic E-state index is 0.00694. The fourth-order valence-electron chi connectivity index (χ4n) is 5.57. The predicted octanol–water partition coefficient (Wildman–Crippen LogP) is 8.05. The average molecular weight is 747 g/mol. The quantitative estimate of drug-likeness (QED) is 0.117. The number of nitriles is 1. The maximum atomic E-state index is 15.9. The highest BCUT2D eigenvalue weighted by Crippen LogP contribution is 2.32. The van der Waals surface area contributed by atoms with Crippen LogP contribution in [0.2, 0.25) is 10.0 Å². The van der Waals surface area contributed by atoms with Crippen LogP contribution in [0, 0.1) is 17.1 Å². The van der Waals surface area contributed by atoms with Crippen molar-refractivity contribution in [3.8, 4) is 22.9 Å². The Morgan fingerprint density at radius 1 is 0.922 bits per heavy atom. The molecular weight excluding hydrogens is 712 g/mol. The number of halogens is 3. The highest BCUT2D eigenvalue weighted by molar-refractivity contribution is 7.90. The average Bonchev–Trinajstić information content (AvgIpc) is 3.45. The van der Waals surface area contributed by atoms with Crippen molar-refractivity contribution in [2.45, 2.75) is 50.8 Å². The van der Waals surface area contributed by atoms with Crippen molar-refractivity contribution in [2.24, 2.45) is 0 Å². The van der Waals surface area contributed by atoms with Crippen LogP contribution in [0.25, 0.3) is 16.8 Å². The van der Waals surface area contributed by atoms with Crippen LogP contribution in [0.3, 0.4) is 0 Å². The van der Waals surface area contributed by atoms with Gasteiger partial charge in [0.05, 0.1) is 31.9 Å². The number of hydrogen-bond acceptors (Lipinski definition) is 6. The lowest BCUT2D eigenvalue weighted by atomic mass is 9.97. The molecule has 2 N–H and O–H groups in total. The lowest BCUT2D eigenvalue weighted by Gasteiger charge is -2.13. The molecule has 0 radical (unpaired) electrons. The van der Waals surface area contributed by atoms with E-state index in [1.807, 2.05) is 13.8 Å². The Balaban J connectivity index is 1.48. The summed E-state index contributed by atoms with van der Waals surface area (Å²) in [6.07, 6.45) is 2.96. The summed E-state index contributed by atoms with van der Waals surface area (Å²) in [6.45, 7) is 4.51. The molecule has 4 aromatic carbocycles. The van der Waals surface area contributed by atoms with Crippen LogP contribution in [0.15, 0.2) is 89.8 Å². The first-order valence-electron chi connectivity index (χ1n) is 16.3. The van der Waals surface area contributed by atoms with Gasteiger partial charge in [-0.05, 0) is 66.4 Å². The fourth-order valence-corrected chi connectivity index (χ4v) is 7.19. The fraction of sp³-hybridized carbons (Fsp3) is 0.211. The molecule has 0 fully saturated rings. The molecule has 0 unspecified atom stereocenters. The molecule has 262 valence electrons. The monoisotopic (exact) mass is 745 g/mol. The van der Waals surface area contributed by atoms with Crippen molar-refractivity contribution >= 4 is 45.0 Å². The molecule has 1 aromatic heterocycles. The topological polar surface area (TPSA) is 134 Å². The second-order valence-electron chi connectivity index (χ2n) is 11.7. The Hall–Kier alpha value is -5.02. The molecule has 0 aliphatic rings. The Morgan fingerprint density at radius 2 is 1.67 bits per heavy atom. The molecule has 2 amide bonds. The zero-order valence-electron chi connectivity index (χ0n) is 27.8. The number of amides is 2. The summed E-state index contributed by atoms with van der Waals surface area (Å²) in [7, 11) is -4.40. The third-order valence-corrected chi connectivity index (χ3v) is 10.2. The van der Waals surface area contributed by atoms with Crippen molar-refractivity contribution in [1.29, 1.82) is 5.26 Å². The second-order valence-corrected chi connectivity index (χ2v) is 14.2. The van der Waals surface area contributed by atoms with Crippen molar-refractivity contribution in [3.63, 3.8) is 0 Å². The molecule has 1 heterocycles. The SMILES string of the molecule is CCCCNC(=O)c1ccc(Cl)c(-n2nc(CCC)c(Cc3ccc(-c4ccccc4S(=O)(=O)NC(=O)c4ccccc4Cl)cc3F)c2C#N)c1. The number of nitrogens with one attached hydrogen (secondary N) is 2. The lowest BCUT2D eigenvalue weighted by Crippen LogP contribution is -2.31. The van der Waals surface area contributed by atoms with E-state index in [0.29, 0.717) is 41.9 Å². The van der Waals surface area contributed by atoms with Crippen LogP contribution in [0.5, 0.6) is 0 Å². The Labute approximate surface area is 306 Å². The molecular formula is C38H34Cl2FN5O4S. The normalized spacial score (nSPS) is 11.2. The van der Waals surface area contributed by atoms with Gasteiger partial charge in [-0.3, -0.25) is 9.59 Å². The summed E-state index contributed by atoms with van der Waals surface area (Å²) in [5.74, 6) is -1.82. The van der Waals surface area contributed by atoms with E-state index in [-0.39, 0.29) is 55.2 Å². The smallest absolute Gasteiger partial charge is 0.266 e. The van der Waals surface area contributed by atoms with Crippen LogP contribution < -0.4 is 10.0 Å². The van der Waals surface area contributed by atoms with Gasteiger partial charge in [0, 0.05) is 29.7 Å². The molecule has 0 aliphatic carbocycles. The first-order valence-corrected chi connectivity index (χ1v) is 18.5. The van der Waals surface area contributed by atoms with Gasteiger partial charge in [0.1, 0.15) is 17.6 Å². The minimum atomic E-state index is -4.40. The summed E-state index contributed by atoms with van der Waals surface area (Å²) in [6, 6.07) is 23.3. The van der Waals surface area contributed by atoms with E-state index in [2.05, 4.69) is 16.1 Å². The number of hydrogen-bond donors (Lipinski definition) is 2. The molecule has 5 rings (SSSR count). The molecule has 13 heteroatoms. The second kappa shape index (κ2) is 16.3. The van der Waals surface area contributed by atoms with Gasteiger partial charge in [0.25, 0.3) is 21.8 Å². The van der Waals surface area contributed by atoms with Crippen LogP contribution in [-0.2, 0) is 22.9 Å². The van der Waals surface area contributed by atoms with E-state index < -0.39 is 21.7 Å². The minimum Gasteiger partial charge on any atom is -0.352 e. The van der Waals surface area contributed by atoms with Crippen molar-refractivity contribution < 1.29 is 22.4 Å². The van der Waals surface area contributed by atoms with Crippen LogP contribution in [-0.4, -0.2) is 36.6 Å². The van der Waals surface area contributed by atoms with Crippen LogP contribution in [0.4, 0.5) is 4.39 Å². The molecule has 5 aromatic rings. The summed E-state index contributed by atoms with van der Waals surface area (Å²) >= 11 is 12.7. The number of carbonyl (C=O) groups is 2. The Kier molecular flexibility index (Phi) is 11.9. The Bertz CT molecular complexity index is 2270. The molecule has 0 atom stereocenters. The zero-order chi connectivity index (χ0) is 36.7. The van der Waals surface area contributed by atoms with Gasteiger partial charge in [0.15, 0.2) is 0 Å². The summed E-state index contributed by atoms with van der Waals surface area (Å²) in [5, 5.41) is 18.3. The van der Waals surface area contributed by atoms with E-state index >= 15 is 4.39 Å². The van der Waals surface area contributed by atoms with Gasteiger partial charge in [-0.2, -0.15) is 10.4 Å². The molecule has 0 saturated heterocycles. The predicted molar refractivity (Wildman–Crippen MR) is 195 cm³/mol. The van der Waals surface area contributed by atoms with Gasteiger partial charge in [-0.25, -0.2) is 22.2 Å². The number of rotatable bonds is 13. The number of unbranched alkanes of at least 4 members (excludes halogenated alkanes) is 1. The molecule has 9 nitrogen and oxygen atoms in total. The highest BCUT2D eigenvalue weighted by Gasteiger charge is 2.25. The number of carbonyl (C=O) groups excluding carboxylic acids is 2. The molecule has 0 bridgehead atoms. The summed E-state index contributed by atoms with van der Waals surface area (Å²) in [5.41, 5.74) is 2.60. The van der Waals surface area contributed by atoms with Crippen LogP contribution in [0.1, 0.15) is 76.3 Å². The van der Waals surface area contributed by atoms with E-state index in [0.717, 1.165) is 12.8 Å².